The van der Waals surface area contributed by atoms with Crippen LogP contribution in [0.5, 0.6) is 0 Å². The van der Waals surface area contributed by atoms with E-state index in [1.807, 2.05) is 24.3 Å². The Balaban J connectivity index is 1.44. The van der Waals surface area contributed by atoms with E-state index in [0.29, 0.717) is 12.5 Å². The maximum Gasteiger partial charge on any atom is 0.316 e. The summed E-state index contributed by atoms with van der Waals surface area (Å²) in [6, 6.07) is 7.96. The summed E-state index contributed by atoms with van der Waals surface area (Å²) >= 11 is 0. The van der Waals surface area contributed by atoms with Crippen molar-refractivity contribution in [3.8, 4) is 0 Å². The predicted molar refractivity (Wildman–Crippen MR) is 83.6 cm³/mol. The highest BCUT2D eigenvalue weighted by Gasteiger charge is 2.37. The number of carbonyl (C=O) groups excluding carboxylic acids is 2. The Morgan fingerprint density at radius 1 is 1.09 bits per heavy atom. The van der Waals surface area contributed by atoms with E-state index in [1.165, 1.54) is 0 Å². The summed E-state index contributed by atoms with van der Waals surface area (Å²) in [5.41, 5.74) is 2.03. The second kappa shape index (κ2) is 5.39. The van der Waals surface area contributed by atoms with Crippen molar-refractivity contribution in [2.45, 2.75) is 25.3 Å². The molecule has 1 aromatic carbocycles. The summed E-state index contributed by atoms with van der Waals surface area (Å²) < 4.78 is 0. The van der Waals surface area contributed by atoms with Crippen LogP contribution in [-0.4, -0.2) is 48.9 Å². The van der Waals surface area contributed by atoms with Crippen molar-refractivity contribution in [2.24, 2.45) is 5.92 Å². The number of hydrogen-bond acceptors (Lipinski definition) is 3. The molecule has 4 heterocycles. The Labute approximate surface area is 130 Å². The average Bonchev–Trinajstić information content (AvgIpc) is 2.99. The lowest BCUT2D eigenvalue weighted by molar-refractivity contribution is -0.138. The molecule has 5 rings (SSSR count). The van der Waals surface area contributed by atoms with Crippen molar-refractivity contribution < 1.29 is 9.59 Å². The first-order chi connectivity index (χ1) is 10.7. The molecule has 3 fully saturated rings. The Morgan fingerprint density at radius 2 is 1.86 bits per heavy atom. The number of benzene rings is 1. The molecule has 0 spiro atoms. The van der Waals surface area contributed by atoms with Crippen LogP contribution in [0.3, 0.4) is 0 Å². The number of fused-ring (bicyclic) bond motifs is 4. The van der Waals surface area contributed by atoms with Crippen molar-refractivity contribution in [3.63, 3.8) is 0 Å². The Kier molecular flexibility index (Phi) is 3.37. The normalized spacial score (nSPS) is 29.3. The number of nitrogens with one attached hydrogen (secondary N) is 1. The van der Waals surface area contributed by atoms with Crippen molar-refractivity contribution >= 4 is 17.5 Å². The highest BCUT2D eigenvalue weighted by Crippen LogP contribution is 2.29. The molecule has 116 valence electrons. The van der Waals surface area contributed by atoms with Crippen LogP contribution in [0.4, 0.5) is 5.69 Å². The first kappa shape index (κ1) is 13.8. The van der Waals surface area contributed by atoms with Crippen molar-refractivity contribution in [1.29, 1.82) is 0 Å². The van der Waals surface area contributed by atoms with Crippen LogP contribution >= 0.6 is 0 Å². The molecule has 2 amide bonds. The predicted octanol–water partition coefficient (Wildman–Crippen LogP) is 0.786. The van der Waals surface area contributed by atoms with E-state index >= 15 is 0 Å². The number of carbonyl (C=O) groups is 2. The maximum atomic E-state index is 12.5. The molecule has 22 heavy (non-hydrogen) atoms. The fourth-order valence-electron chi connectivity index (χ4n) is 4.03. The van der Waals surface area contributed by atoms with Crippen LogP contribution in [0.1, 0.15) is 18.4 Å². The number of amides is 2. The standard InChI is InChI=1S/C17H21N3O2/c21-16(18-14-11-19-8-5-12(14)6-9-19)17(22)20-10-7-13-3-1-2-4-15(13)20/h1-4,12,14H,5-11H2,(H,18,21). The fourth-order valence-corrected chi connectivity index (χ4v) is 4.03. The van der Waals surface area contributed by atoms with Gasteiger partial charge in [0.15, 0.2) is 0 Å². The largest absolute Gasteiger partial charge is 0.344 e. The van der Waals surface area contributed by atoms with E-state index in [9.17, 15) is 9.59 Å². The molecule has 5 heteroatoms. The van der Waals surface area contributed by atoms with Gasteiger partial charge in [0.05, 0.1) is 0 Å². The van der Waals surface area contributed by atoms with E-state index in [2.05, 4.69) is 10.2 Å². The Bertz CT molecular complexity index is 608. The molecule has 3 saturated heterocycles. The number of piperidine rings is 3. The highest BCUT2D eigenvalue weighted by atomic mass is 16.2. The van der Waals surface area contributed by atoms with Gasteiger partial charge in [-0.25, -0.2) is 0 Å². The van der Waals surface area contributed by atoms with Crippen LogP contribution in [0.25, 0.3) is 0 Å². The molecule has 1 atom stereocenters. The molecular formula is C17H21N3O2. The molecule has 4 aliphatic rings. The van der Waals surface area contributed by atoms with Gasteiger partial charge in [0, 0.05) is 24.8 Å². The SMILES string of the molecule is O=C(NC1CN2CCC1CC2)C(=O)N1CCc2ccccc21. The van der Waals surface area contributed by atoms with Gasteiger partial charge in [-0.1, -0.05) is 18.2 Å². The third-order valence-corrected chi connectivity index (χ3v) is 5.30. The van der Waals surface area contributed by atoms with Crippen LogP contribution < -0.4 is 10.2 Å². The minimum atomic E-state index is -0.449. The zero-order valence-corrected chi connectivity index (χ0v) is 12.6. The smallest absolute Gasteiger partial charge is 0.316 e. The fraction of sp³-hybridized carbons (Fsp3) is 0.529. The van der Waals surface area contributed by atoms with Gasteiger partial charge in [-0.05, 0) is 49.9 Å². The molecule has 2 bridgehead atoms. The van der Waals surface area contributed by atoms with E-state index in [4.69, 9.17) is 0 Å². The highest BCUT2D eigenvalue weighted by molar-refractivity contribution is 6.40. The van der Waals surface area contributed by atoms with Gasteiger partial charge >= 0.3 is 11.8 Å². The summed E-state index contributed by atoms with van der Waals surface area (Å²) in [5.74, 6) is -0.329. The van der Waals surface area contributed by atoms with E-state index < -0.39 is 11.8 Å². The first-order valence-electron chi connectivity index (χ1n) is 8.15. The number of hydrogen-bond donors (Lipinski definition) is 1. The van der Waals surface area contributed by atoms with Crippen molar-refractivity contribution in [3.05, 3.63) is 29.8 Å². The number of anilines is 1. The lowest BCUT2D eigenvalue weighted by atomic mass is 9.84. The van der Waals surface area contributed by atoms with Crippen LogP contribution in [0, 0.1) is 5.92 Å². The summed E-state index contributed by atoms with van der Waals surface area (Å²) in [6.07, 6.45) is 3.09. The zero-order valence-electron chi connectivity index (χ0n) is 12.6. The van der Waals surface area contributed by atoms with Gasteiger partial charge in [-0.3, -0.25) is 9.59 Å². The van der Waals surface area contributed by atoms with Gasteiger partial charge in [0.2, 0.25) is 0 Å². The monoisotopic (exact) mass is 299 g/mol. The quantitative estimate of drug-likeness (QED) is 0.780. The van der Waals surface area contributed by atoms with E-state index in [0.717, 1.165) is 50.1 Å². The minimum absolute atomic E-state index is 0.136. The molecule has 1 aromatic rings. The van der Waals surface area contributed by atoms with Gasteiger partial charge in [0.25, 0.3) is 0 Å². The van der Waals surface area contributed by atoms with Crippen LogP contribution in [-0.2, 0) is 16.0 Å². The second-order valence-corrected chi connectivity index (χ2v) is 6.55. The van der Waals surface area contributed by atoms with Crippen molar-refractivity contribution in [1.82, 2.24) is 10.2 Å². The number of para-hydroxylation sites is 1. The average molecular weight is 299 g/mol. The summed E-state index contributed by atoms with van der Waals surface area (Å²) in [7, 11) is 0. The van der Waals surface area contributed by atoms with Gasteiger partial charge in [-0.2, -0.15) is 0 Å². The van der Waals surface area contributed by atoms with Crippen LogP contribution in [0.15, 0.2) is 24.3 Å². The molecule has 0 aliphatic carbocycles. The zero-order chi connectivity index (χ0) is 15.1. The van der Waals surface area contributed by atoms with Gasteiger partial charge in [0.1, 0.15) is 0 Å². The van der Waals surface area contributed by atoms with E-state index in [1.54, 1.807) is 4.90 Å². The summed E-state index contributed by atoms with van der Waals surface area (Å²) in [6.45, 7) is 3.75. The third-order valence-electron chi connectivity index (χ3n) is 5.30. The summed E-state index contributed by atoms with van der Waals surface area (Å²) in [5, 5.41) is 2.99. The third kappa shape index (κ3) is 2.29. The van der Waals surface area contributed by atoms with Crippen molar-refractivity contribution in [2.75, 3.05) is 31.1 Å². The number of nitrogens with zero attached hydrogens (tertiary/aromatic N) is 2. The molecule has 0 aromatic heterocycles. The van der Waals surface area contributed by atoms with Gasteiger partial charge in [-0.15, -0.1) is 0 Å². The molecule has 5 nitrogen and oxygen atoms in total. The molecule has 0 radical (unpaired) electrons. The topological polar surface area (TPSA) is 52.7 Å². The molecular weight excluding hydrogens is 278 g/mol. The summed E-state index contributed by atoms with van der Waals surface area (Å²) in [4.78, 5) is 28.8. The molecule has 1 unspecified atom stereocenters. The van der Waals surface area contributed by atoms with Gasteiger partial charge < -0.3 is 15.1 Å². The minimum Gasteiger partial charge on any atom is -0.344 e. The number of rotatable bonds is 1. The second-order valence-electron chi connectivity index (χ2n) is 6.55. The van der Waals surface area contributed by atoms with Crippen LogP contribution in [0.2, 0.25) is 0 Å². The first-order valence-corrected chi connectivity index (χ1v) is 8.15. The van der Waals surface area contributed by atoms with E-state index in [-0.39, 0.29) is 6.04 Å². The molecule has 1 N–H and O–H groups in total. The Morgan fingerprint density at radius 3 is 2.59 bits per heavy atom. The molecule has 0 saturated carbocycles. The maximum absolute atomic E-state index is 12.5. The lowest BCUT2D eigenvalue weighted by Gasteiger charge is -2.44. The lowest BCUT2D eigenvalue weighted by Crippen LogP contribution is -2.59. The molecule has 4 aliphatic heterocycles. The Hall–Kier alpha value is -1.88.